The molecule has 0 saturated heterocycles. The highest BCUT2D eigenvalue weighted by atomic mass is 14.9. The Morgan fingerprint density at radius 2 is 1.53 bits per heavy atom. The molecule has 0 aliphatic rings. The molecule has 2 aromatic carbocycles. The number of anilines is 1. The Morgan fingerprint density at radius 3 is 2.12 bits per heavy atom. The molecule has 0 saturated carbocycles. The Balaban J connectivity index is 2.19. The van der Waals surface area contributed by atoms with Gasteiger partial charge in [0.2, 0.25) is 0 Å². The average molecular weight is 220 g/mol. The molecule has 0 spiro atoms. The van der Waals surface area contributed by atoms with Crippen LogP contribution in [0.5, 0.6) is 0 Å². The summed E-state index contributed by atoms with van der Waals surface area (Å²) >= 11 is 0. The topological polar surface area (TPSA) is 35.8 Å². The summed E-state index contributed by atoms with van der Waals surface area (Å²) in [7, 11) is 0. The first-order valence-corrected chi connectivity index (χ1v) is 5.37. The number of nitrogens with one attached hydrogen (secondary N) is 1. The smallest absolute Gasteiger partial charge is 0.118 e. The van der Waals surface area contributed by atoms with Gasteiger partial charge in [-0.15, -0.1) is 0 Å². The Labute approximate surface area is 101 Å². The SMILES string of the molecule is N#CC(=Cc1ccccc1)Nc1ccccc1. The second-order valence-corrected chi connectivity index (χ2v) is 3.57. The summed E-state index contributed by atoms with van der Waals surface area (Å²) in [6.07, 6.45) is 1.83. The summed E-state index contributed by atoms with van der Waals surface area (Å²) in [5.41, 5.74) is 2.45. The van der Waals surface area contributed by atoms with E-state index in [1.54, 1.807) is 0 Å². The van der Waals surface area contributed by atoms with Crippen molar-refractivity contribution in [2.24, 2.45) is 0 Å². The summed E-state index contributed by atoms with van der Waals surface area (Å²) in [4.78, 5) is 0. The lowest BCUT2D eigenvalue weighted by atomic mass is 10.2. The zero-order valence-electron chi connectivity index (χ0n) is 9.30. The van der Waals surface area contributed by atoms with Gasteiger partial charge in [0.05, 0.1) is 0 Å². The molecular weight excluding hydrogens is 208 g/mol. The summed E-state index contributed by atoms with van der Waals surface area (Å²) < 4.78 is 0. The molecule has 0 aliphatic heterocycles. The number of rotatable bonds is 3. The highest BCUT2D eigenvalue weighted by Gasteiger charge is 1.96. The van der Waals surface area contributed by atoms with Crippen LogP contribution in [0.4, 0.5) is 5.69 Å². The average Bonchev–Trinajstić information content (AvgIpc) is 2.40. The lowest BCUT2D eigenvalue weighted by molar-refractivity contribution is 1.44. The number of nitrogens with zero attached hydrogens (tertiary/aromatic N) is 1. The number of nitriles is 1. The van der Waals surface area contributed by atoms with Crippen LogP contribution in [0.3, 0.4) is 0 Å². The number of hydrogen-bond donors (Lipinski definition) is 1. The fourth-order valence-electron chi connectivity index (χ4n) is 1.49. The third-order valence-electron chi connectivity index (χ3n) is 2.28. The van der Waals surface area contributed by atoms with E-state index in [1.165, 1.54) is 0 Å². The third-order valence-corrected chi connectivity index (χ3v) is 2.28. The number of allylic oxidation sites excluding steroid dienone is 1. The molecule has 0 fully saturated rings. The summed E-state index contributed by atoms with van der Waals surface area (Å²) in [6, 6.07) is 21.6. The molecule has 1 N–H and O–H groups in total. The molecule has 17 heavy (non-hydrogen) atoms. The van der Waals surface area contributed by atoms with Crippen LogP contribution in [0.1, 0.15) is 5.56 Å². The zero-order valence-corrected chi connectivity index (χ0v) is 9.30. The van der Waals surface area contributed by atoms with E-state index in [4.69, 9.17) is 5.26 Å². The number of hydrogen-bond acceptors (Lipinski definition) is 2. The largest absolute Gasteiger partial charge is 0.347 e. The van der Waals surface area contributed by atoms with Crippen LogP contribution in [0, 0.1) is 11.3 Å². The summed E-state index contributed by atoms with van der Waals surface area (Å²) in [5.74, 6) is 0. The van der Waals surface area contributed by atoms with Gasteiger partial charge in [-0.05, 0) is 23.8 Å². The minimum Gasteiger partial charge on any atom is -0.347 e. The second-order valence-electron chi connectivity index (χ2n) is 3.57. The maximum Gasteiger partial charge on any atom is 0.118 e. The van der Waals surface area contributed by atoms with Gasteiger partial charge in [0.25, 0.3) is 0 Å². The molecule has 0 unspecified atom stereocenters. The van der Waals surface area contributed by atoms with Gasteiger partial charge in [0.15, 0.2) is 0 Å². The molecule has 82 valence electrons. The molecule has 0 atom stereocenters. The van der Waals surface area contributed by atoms with E-state index in [0.717, 1.165) is 11.3 Å². The number of para-hydroxylation sites is 1. The van der Waals surface area contributed by atoms with E-state index in [1.807, 2.05) is 66.7 Å². The molecule has 2 heteroatoms. The quantitative estimate of drug-likeness (QED) is 0.801. The molecule has 2 rings (SSSR count). The molecule has 2 nitrogen and oxygen atoms in total. The van der Waals surface area contributed by atoms with Crippen LogP contribution in [-0.2, 0) is 0 Å². The molecule has 0 aliphatic carbocycles. The maximum absolute atomic E-state index is 9.07. The van der Waals surface area contributed by atoms with Gasteiger partial charge in [-0.25, -0.2) is 0 Å². The lowest BCUT2D eigenvalue weighted by Crippen LogP contribution is -1.96. The first-order valence-electron chi connectivity index (χ1n) is 5.37. The van der Waals surface area contributed by atoms with Gasteiger partial charge in [-0.1, -0.05) is 48.5 Å². The first-order chi connectivity index (χ1) is 8.38. The zero-order chi connectivity index (χ0) is 11.9. The molecular formula is C15H12N2. The van der Waals surface area contributed by atoms with Crippen molar-refractivity contribution >= 4 is 11.8 Å². The van der Waals surface area contributed by atoms with Gasteiger partial charge in [0, 0.05) is 5.69 Å². The second kappa shape index (κ2) is 5.53. The molecule has 0 bridgehead atoms. The van der Waals surface area contributed by atoms with Crippen LogP contribution in [0.15, 0.2) is 66.4 Å². The monoisotopic (exact) mass is 220 g/mol. The van der Waals surface area contributed by atoms with Crippen molar-refractivity contribution in [1.82, 2.24) is 0 Å². The van der Waals surface area contributed by atoms with Crippen LogP contribution >= 0.6 is 0 Å². The molecule has 2 aromatic rings. The van der Waals surface area contributed by atoms with Gasteiger partial charge < -0.3 is 5.32 Å². The van der Waals surface area contributed by atoms with Crippen LogP contribution in [-0.4, -0.2) is 0 Å². The summed E-state index contributed by atoms with van der Waals surface area (Å²) in [6.45, 7) is 0. The number of benzene rings is 2. The predicted octanol–water partition coefficient (Wildman–Crippen LogP) is 3.66. The van der Waals surface area contributed by atoms with Gasteiger partial charge in [-0.2, -0.15) is 5.26 Å². The van der Waals surface area contributed by atoms with Gasteiger partial charge in [0.1, 0.15) is 11.8 Å². The van der Waals surface area contributed by atoms with Crippen molar-refractivity contribution in [3.63, 3.8) is 0 Å². The van der Waals surface area contributed by atoms with E-state index < -0.39 is 0 Å². The minimum atomic E-state index is 0.530. The molecule has 0 radical (unpaired) electrons. The lowest BCUT2D eigenvalue weighted by Gasteiger charge is -2.03. The van der Waals surface area contributed by atoms with Gasteiger partial charge in [-0.3, -0.25) is 0 Å². The highest BCUT2D eigenvalue weighted by Crippen LogP contribution is 2.11. The molecule has 0 amide bonds. The van der Waals surface area contributed by atoms with Crippen molar-refractivity contribution < 1.29 is 0 Å². The van der Waals surface area contributed by atoms with E-state index in [0.29, 0.717) is 5.70 Å². The van der Waals surface area contributed by atoms with E-state index in [9.17, 15) is 0 Å². The predicted molar refractivity (Wildman–Crippen MR) is 70.1 cm³/mol. The molecule has 0 aromatic heterocycles. The third kappa shape index (κ3) is 3.22. The highest BCUT2D eigenvalue weighted by molar-refractivity contribution is 5.63. The Kier molecular flexibility index (Phi) is 3.57. The van der Waals surface area contributed by atoms with E-state index in [-0.39, 0.29) is 0 Å². The van der Waals surface area contributed by atoms with E-state index in [2.05, 4.69) is 11.4 Å². The van der Waals surface area contributed by atoms with Gasteiger partial charge >= 0.3 is 0 Å². The maximum atomic E-state index is 9.07. The van der Waals surface area contributed by atoms with Crippen LogP contribution in [0.2, 0.25) is 0 Å². The van der Waals surface area contributed by atoms with Crippen molar-refractivity contribution in [3.8, 4) is 6.07 Å². The van der Waals surface area contributed by atoms with Crippen molar-refractivity contribution in [1.29, 1.82) is 5.26 Å². The van der Waals surface area contributed by atoms with Crippen molar-refractivity contribution in [2.75, 3.05) is 5.32 Å². The van der Waals surface area contributed by atoms with Crippen LogP contribution < -0.4 is 5.32 Å². The first kappa shape index (κ1) is 11.0. The molecule has 0 heterocycles. The van der Waals surface area contributed by atoms with Crippen molar-refractivity contribution in [2.45, 2.75) is 0 Å². The fourth-order valence-corrected chi connectivity index (χ4v) is 1.49. The fraction of sp³-hybridized carbons (Fsp3) is 0. The van der Waals surface area contributed by atoms with Crippen LogP contribution in [0.25, 0.3) is 6.08 Å². The standard InChI is InChI=1S/C15H12N2/c16-12-15(11-13-7-3-1-4-8-13)17-14-9-5-2-6-10-14/h1-11,17H. The Hall–Kier alpha value is -2.53. The Bertz CT molecular complexity index is 536. The van der Waals surface area contributed by atoms with E-state index >= 15 is 0 Å². The summed E-state index contributed by atoms with van der Waals surface area (Å²) in [5, 5.41) is 12.1. The minimum absolute atomic E-state index is 0.530. The Morgan fingerprint density at radius 1 is 0.941 bits per heavy atom. The van der Waals surface area contributed by atoms with Crippen molar-refractivity contribution in [3.05, 3.63) is 71.9 Å². The normalized spacial score (nSPS) is 10.6.